The summed E-state index contributed by atoms with van der Waals surface area (Å²) in [7, 11) is 0. The van der Waals surface area contributed by atoms with Crippen LogP contribution in [0, 0.1) is 12.8 Å². The molecular formula is C55H66N12O7. The van der Waals surface area contributed by atoms with E-state index in [1.807, 2.05) is 93.2 Å². The maximum Gasteiger partial charge on any atom is 0.243 e. The Morgan fingerprint density at radius 2 is 1.58 bits per heavy atom. The fourth-order valence-electron chi connectivity index (χ4n) is 11.8. The summed E-state index contributed by atoms with van der Waals surface area (Å²) in [5.74, 6) is 1.74. The van der Waals surface area contributed by atoms with Gasteiger partial charge in [-0.1, -0.05) is 43.3 Å². The number of aliphatic hydroxyl groups is 1. The standard InChI is InChI=1S/C55H66N12O7/c1-32(2)52(55(71)66-31-40(68)24-47(66)54(70)59-33(3)35-9-11-36(12-10-35)65-22-19-57-34(65)4)49-28-50(62-74-49)63-20-16-41(17-21-63)72-42-25-43(26-42)73-51-23-37(15-18-58-51)67-38-13-14-39(67)30-64(29-38)46-27-45(60-61-53(46)56)44-7-5-6-8-48(44)69/h5-12,15,18-19,22-23,27-28,32-33,38-43,47,52,68-69H,13-14,16-17,20-21,24-26,29-31H2,1-4H3,(H2,56,61)(H,59,70)/t33-,38+,39?,40+,42?,43?,47-,52-/m0/s1. The monoisotopic (exact) mass is 1010 g/mol. The molecule has 8 heterocycles. The zero-order valence-electron chi connectivity index (χ0n) is 42.4. The minimum atomic E-state index is -0.822. The number of nitrogens with two attached hydrogens (primary N) is 1. The minimum absolute atomic E-state index is 0.0284. The van der Waals surface area contributed by atoms with Crippen LogP contribution < -0.4 is 30.5 Å². The lowest BCUT2D eigenvalue weighted by molar-refractivity contribution is -0.141. The number of β-amino-alcohol motifs (C(OH)–C–C–N with tert-alkyl or cyclic N) is 1. The number of hydrogen-bond acceptors (Lipinski definition) is 16. The fourth-order valence-corrected chi connectivity index (χ4v) is 11.8. The largest absolute Gasteiger partial charge is 0.507 e. The molecule has 19 nitrogen and oxygen atoms in total. The van der Waals surface area contributed by atoms with Crippen LogP contribution in [0.25, 0.3) is 16.9 Å². The number of carbonyl (C=O) groups excluding carboxylic acids is 2. The van der Waals surface area contributed by atoms with Gasteiger partial charge in [0.15, 0.2) is 17.4 Å². The highest BCUT2D eigenvalue weighted by Gasteiger charge is 2.45. The third kappa shape index (κ3) is 9.93. The summed E-state index contributed by atoms with van der Waals surface area (Å²) in [6.07, 6.45) is 10.5. The molecule has 0 spiro atoms. The zero-order chi connectivity index (χ0) is 51.2. The molecular weight excluding hydrogens is 941 g/mol. The van der Waals surface area contributed by atoms with Crippen molar-refractivity contribution in [2.24, 2.45) is 5.92 Å². The number of piperidine rings is 1. The van der Waals surface area contributed by atoms with Crippen LogP contribution in [-0.4, -0.2) is 132 Å². The van der Waals surface area contributed by atoms with Crippen molar-refractivity contribution in [1.82, 2.24) is 40.1 Å². The number of amides is 2. The third-order valence-electron chi connectivity index (χ3n) is 15.8. The second-order valence-corrected chi connectivity index (χ2v) is 21.1. The van der Waals surface area contributed by atoms with Crippen molar-refractivity contribution in [2.75, 3.05) is 53.2 Å². The molecule has 1 saturated carbocycles. The molecule has 19 heteroatoms. The first-order valence-corrected chi connectivity index (χ1v) is 26.2. The number of phenolic OH excluding ortho intramolecular Hbond substituents is 1. The quantitative estimate of drug-likeness (QED) is 0.0880. The average Bonchev–Trinajstić information content (AvgIpc) is 4.20. The number of anilines is 4. The topological polar surface area (TPSA) is 227 Å². The number of phenols is 1. The Kier molecular flexibility index (Phi) is 13.6. The summed E-state index contributed by atoms with van der Waals surface area (Å²) in [5.41, 5.74) is 11.4. The first-order valence-electron chi connectivity index (χ1n) is 26.2. The van der Waals surface area contributed by atoms with E-state index in [9.17, 15) is 19.8 Å². The van der Waals surface area contributed by atoms with Gasteiger partial charge >= 0.3 is 0 Å². The van der Waals surface area contributed by atoms with Crippen molar-refractivity contribution < 1.29 is 33.8 Å². The number of pyridine rings is 1. The number of aliphatic hydroxyl groups excluding tert-OH is 1. The van der Waals surface area contributed by atoms with Gasteiger partial charge in [0.1, 0.15) is 29.6 Å². The SMILES string of the molecule is Cc1nccn1-c1ccc([C@H](C)NC(=O)[C@@H]2C[C@@H](O)CN2C(=O)[C@H](c2cc(N3CCC(OC4CC(Oc5cc(N6C7CC[C@@H]6CN(c6cc(-c8ccccc8O)nnc6N)C7)ccn5)C4)CC3)no2)C(C)C)cc1. The van der Waals surface area contributed by atoms with Gasteiger partial charge in [0.2, 0.25) is 17.7 Å². The van der Waals surface area contributed by atoms with Crippen LogP contribution in [0.15, 0.2) is 95.9 Å². The van der Waals surface area contributed by atoms with E-state index in [4.69, 9.17) is 19.7 Å². The Morgan fingerprint density at radius 1 is 0.824 bits per heavy atom. The number of aromatic nitrogens is 6. The van der Waals surface area contributed by atoms with E-state index >= 15 is 0 Å². The molecule has 1 aliphatic carbocycles. The zero-order valence-corrected chi connectivity index (χ0v) is 42.4. The van der Waals surface area contributed by atoms with Crippen LogP contribution in [0.2, 0.25) is 0 Å². The lowest BCUT2D eigenvalue weighted by Gasteiger charge is -2.43. The second kappa shape index (κ2) is 20.6. The van der Waals surface area contributed by atoms with Crippen LogP contribution in [0.4, 0.5) is 23.0 Å². The van der Waals surface area contributed by atoms with E-state index in [0.29, 0.717) is 34.5 Å². The molecule has 74 heavy (non-hydrogen) atoms. The number of ether oxygens (including phenoxy) is 2. The van der Waals surface area contributed by atoms with Gasteiger partial charge < -0.3 is 59.4 Å². The first-order chi connectivity index (χ1) is 35.8. The van der Waals surface area contributed by atoms with Crippen LogP contribution in [0.1, 0.15) is 94.8 Å². The number of piperazine rings is 1. The van der Waals surface area contributed by atoms with Gasteiger partial charge in [-0.15, -0.1) is 10.2 Å². The van der Waals surface area contributed by atoms with E-state index in [2.05, 4.69) is 57.5 Å². The first kappa shape index (κ1) is 49.0. The Morgan fingerprint density at radius 3 is 2.30 bits per heavy atom. The molecule has 5 fully saturated rings. The number of imidazole rings is 1. The van der Waals surface area contributed by atoms with Crippen molar-refractivity contribution in [3.8, 4) is 28.6 Å². The summed E-state index contributed by atoms with van der Waals surface area (Å²) < 4.78 is 20.9. The summed E-state index contributed by atoms with van der Waals surface area (Å²) in [6.45, 7) is 10.9. The number of aryl methyl sites for hydroxylation is 1. The number of likely N-dealkylation sites (tertiary alicyclic amines) is 1. The highest BCUT2D eigenvalue weighted by Crippen LogP contribution is 2.41. The predicted octanol–water partition coefficient (Wildman–Crippen LogP) is 6.34. The number of nitrogen functional groups attached to an aromatic ring is 1. The number of carbonyl (C=O) groups is 2. The maximum absolute atomic E-state index is 14.4. The van der Waals surface area contributed by atoms with Gasteiger partial charge in [0.05, 0.1) is 35.7 Å². The van der Waals surface area contributed by atoms with Gasteiger partial charge in [-0.3, -0.25) is 9.59 Å². The molecule has 6 aromatic rings. The highest BCUT2D eigenvalue weighted by atomic mass is 16.5. The number of fused-ring (bicyclic) bond motifs is 2. The molecule has 2 aromatic carbocycles. The van der Waals surface area contributed by atoms with Crippen molar-refractivity contribution in [1.29, 1.82) is 0 Å². The van der Waals surface area contributed by atoms with Gasteiger partial charge in [-0.2, -0.15) is 0 Å². The normalized spacial score (nSPS) is 23.8. The Labute approximate surface area is 430 Å². The Hall–Kier alpha value is -7.25. The molecule has 4 saturated heterocycles. The number of rotatable bonds is 15. The van der Waals surface area contributed by atoms with E-state index in [1.165, 1.54) is 4.90 Å². The maximum atomic E-state index is 14.4. The Balaban J connectivity index is 0.642. The van der Waals surface area contributed by atoms with E-state index in [0.717, 1.165) is 93.2 Å². The van der Waals surface area contributed by atoms with E-state index < -0.39 is 18.1 Å². The second-order valence-electron chi connectivity index (χ2n) is 21.1. The van der Waals surface area contributed by atoms with Crippen LogP contribution in [0.3, 0.4) is 0 Å². The molecule has 11 rings (SSSR count). The van der Waals surface area contributed by atoms with Crippen LogP contribution in [-0.2, 0) is 14.3 Å². The number of nitrogens with one attached hydrogen (secondary N) is 1. The lowest BCUT2D eigenvalue weighted by atomic mass is 9.91. The van der Waals surface area contributed by atoms with E-state index in [-0.39, 0.29) is 72.9 Å². The van der Waals surface area contributed by atoms with Gasteiger partial charge in [0, 0.05) is 112 Å². The highest BCUT2D eigenvalue weighted by molar-refractivity contribution is 5.91. The summed E-state index contributed by atoms with van der Waals surface area (Å²) in [4.78, 5) is 45.6. The van der Waals surface area contributed by atoms with Crippen molar-refractivity contribution in [2.45, 2.75) is 127 Å². The van der Waals surface area contributed by atoms with Gasteiger partial charge in [-0.25, -0.2) is 9.97 Å². The molecule has 388 valence electrons. The molecule has 2 bridgehead atoms. The smallest absolute Gasteiger partial charge is 0.243 e. The lowest BCUT2D eigenvalue weighted by Crippen LogP contribution is -2.54. The van der Waals surface area contributed by atoms with Crippen molar-refractivity contribution in [3.63, 3.8) is 0 Å². The fraction of sp³-hybridized carbons (Fsp3) is 0.473. The molecule has 2 amide bonds. The number of nitrogens with zero attached hydrogens (tertiary/aromatic N) is 10. The van der Waals surface area contributed by atoms with Crippen molar-refractivity contribution in [3.05, 3.63) is 109 Å². The van der Waals surface area contributed by atoms with Crippen LogP contribution >= 0.6 is 0 Å². The van der Waals surface area contributed by atoms with Crippen LogP contribution in [0.5, 0.6) is 11.6 Å². The molecule has 6 atom stereocenters. The van der Waals surface area contributed by atoms with Crippen molar-refractivity contribution >= 4 is 34.8 Å². The number of hydrogen-bond donors (Lipinski definition) is 4. The number of para-hydroxylation sites is 1. The van der Waals surface area contributed by atoms with Gasteiger partial charge in [-0.05, 0) is 87.4 Å². The number of aromatic hydroxyl groups is 1. The molecule has 1 unspecified atom stereocenters. The molecule has 4 aromatic heterocycles. The summed E-state index contributed by atoms with van der Waals surface area (Å²) in [5, 5.41) is 37.3. The predicted molar refractivity (Wildman–Crippen MR) is 278 cm³/mol. The van der Waals surface area contributed by atoms with Gasteiger partial charge in [0.25, 0.3) is 0 Å². The average molecular weight is 1010 g/mol. The third-order valence-corrected chi connectivity index (χ3v) is 15.8. The number of benzene rings is 2. The molecule has 5 aliphatic rings. The Bertz CT molecular complexity index is 2940. The minimum Gasteiger partial charge on any atom is -0.507 e. The summed E-state index contributed by atoms with van der Waals surface area (Å²) in [6, 6.07) is 22.4. The summed E-state index contributed by atoms with van der Waals surface area (Å²) >= 11 is 0. The molecule has 0 radical (unpaired) electrons. The molecule has 4 aliphatic heterocycles. The molecule has 5 N–H and O–H groups in total. The van der Waals surface area contributed by atoms with E-state index in [1.54, 1.807) is 18.3 Å².